The van der Waals surface area contributed by atoms with Crippen molar-refractivity contribution >= 4 is 16.7 Å². The Morgan fingerprint density at radius 3 is 2.54 bits per heavy atom. The molecule has 0 N–H and O–H groups in total. The number of alkyl halides is 5. The second-order valence-corrected chi connectivity index (χ2v) is 8.90. The van der Waals surface area contributed by atoms with E-state index in [0.29, 0.717) is 5.56 Å². The van der Waals surface area contributed by atoms with Crippen molar-refractivity contribution in [2.75, 3.05) is 18.0 Å². The molecule has 5 rings (SSSR count). The predicted octanol–water partition coefficient (Wildman–Crippen LogP) is 3.93. The molecule has 0 saturated carbocycles. The number of anilines is 1. The lowest BCUT2D eigenvalue weighted by molar-refractivity contribution is -0.269. The van der Waals surface area contributed by atoms with Crippen LogP contribution in [0.3, 0.4) is 0 Å². The second-order valence-electron chi connectivity index (χ2n) is 8.90. The summed E-state index contributed by atoms with van der Waals surface area (Å²) >= 11 is 0. The zero-order chi connectivity index (χ0) is 28.3. The number of benzene rings is 1. The van der Waals surface area contributed by atoms with Crippen LogP contribution in [0.15, 0.2) is 41.5 Å². The van der Waals surface area contributed by atoms with Gasteiger partial charge in [0.05, 0.1) is 29.8 Å². The standard InChI is InChI=1S/C24H17F6N7O2/c1-35-9-13(8-32-35)17-10-37(11-23(26,27)39-17)18-6-15-20(34-22(24(28,29)30)36(2)21(15)38)19(33-18)14-4-3-12(7-31)5-16(14)25/h3-6,8-9,17H,10-11H2,1-2H3. The zero-order valence-corrected chi connectivity index (χ0v) is 20.2. The normalized spacial score (nSPS) is 17.4. The molecule has 0 radical (unpaired) electrons. The van der Waals surface area contributed by atoms with E-state index in [1.54, 1.807) is 13.1 Å². The lowest BCUT2D eigenvalue weighted by Crippen LogP contribution is -2.48. The Kier molecular flexibility index (Phi) is 6.10. The van der Waals surface area contributed by atoms with Crippen molar-refractivity contribution in [1.29, 1.82) is 5.26 Å². The first-order valence-corrected chi connectivity index (χ1v) is 11.3. The van der Waals surface area contributed by atoms with E-state index in [4.69, 9.17) is 10.00 Å². The maximum atomic E-state index is 15.1. The zero-order valence-electron chi connectivity index (χ0n) is 20.2. The molecule has 1 aromatic carbocycles. The number of aryl methyl sites for hydroxylation is 1. The van der Waals surface area contributed by atoms with Gasteiger partial charge in [0, 0.05) is 31.4 Å². The lowest BCUT2D eigenvalue weighted by atomic mass is 10.0. The highest BCUT2D eigenvalue weighted by molar-refractivity contribution is 5.93. The molecule has 1 fully saturated rings. The molecular formula is C24H17F6N7O2. The van der Waals surface area contributed by atoms with E-state index in [1.165, 1.54) is 23.1 Å². The van der Waals surface area contributed by atoms with E-state index >= 15 is 4.39 Å². The topological polar surface area (TPSA) is 102 Å². The van der Waals surface area contributed by atoms with Crippen LogP contribution >= 0.6 is 0 Å². The van der Waals surface area contributed by atoms with E-state index < -0.39 is 58.7 Å². The number of fused-ring (bicyclic) bond motifs is 1. The number of morpholine rings is 1. The fraction of sp³-hybridized carbons (Fsp3) is 0.292. The van der Waals surface area contributed by atoms with Crippen LogP contribution in [-0.4, -0.2) is 43.5 Å². The maximum absolute atomic E-state index is 15.1. The van der Waals surface area contributed by atoms with E-state index in [0.717, 1.165) is 30.1 Å². The number of hydrogen-bond acceptors (Lipinski definition) is 7. The summed E-state index contributed by atoms with van der Waals surface area (Å²) in [6, 6.07) is 5.90. The Morgan fingerprint density at radius 1 is 1.18 bits per heavy atom. The van der Waals surface area contributed by atoms with Gasteiger partial charge in [0.1, 0.15) is 35.5 Å². The number of nitrogens with zero attached hydrogens (tertiary/aromatic N) is 7. The highest BCUT2D eigenvalue weighted by Gasteiger charge is 2.43. The quantitative estimate of drug-likeness (QED) is 0.357. The van der Waals surface area contributed by atoms with Crippen molar-refractivity contribution < 1.29 is 31.1 Å². The van der Waals surface area contributed by atoms with Gasteiger partial charge < -0.3 is 9.64 Å². The average Bonchev–Trinajstić information content (AvgIpc) is 3.30. The van der Waals surface area contributed by atoms with Gasteiger partial charge in [0.2, 0.25) is 5.82 Å². The minimum Gasteiger partial charge on any atom is -0.345 e. The molecule has 3 aromatic heterocycles. The fourth-order valence-electron chi connectivity index (χ4n) is 4.36. The molecule has 1 saturated heterocycles. The van der Waals surface area contributed by atoms with Crippen molar-refractivity contribution in [3.8, 4) is 17.3 Å². The van der Waals surface area contributed by atoms with Gasteiger partial charge in [-0.15, -0.1) is 0 Å². The van der Waals surface area contributed by atoms with E-state index in [-0.39, 0.29) is 28.1 Å². The van der Waals surface area contributed by atoms with E-state index in [2.05, 4.69) is 15.1 Å². The number of halogens is 6. The molecule has 1 atom stereocenters. The highest BCUT2D eigenvalue weighted by Crippen LogP contribution is 2.38. The molecule has 15 heteroatoms. The summed E-state index contributed by atoms with van der Waals surface area (Å²) in [6.07, 6.45) is -7.08. The van der Waals surface area contributed by atoms with Crippen molar-refractivity contribution in [2.45, 2.75) is 18.4 Å². The minimum absolute atomic E-state index is 0.0799. The Hall–Kier alpha value is -4.45. The summed E-state index contributed by atoms with van der Waals surface area (Å²) < 4.78 is 92.0. The molecule has 1 aliphatic rings. The lowest BCUT2D eigenvalue weighted by Gasteiger charge is -2.38. The largest absolute Gasteiger partial charge is 0.449 e. The molecule has 4 aromatic rings. The molecule has 9 nitrogen and oxygen atoms in total. The molecule has 0 amide bonds. The number of nitriles is 1. The van der Waals surface area contributed by atoms with Gasteiger partial charge in [-0.3, -0.25) is 14.0 Å². The summed E-state index contributed by atoms with van der Waals surface area (Å²) in [4.78, 5) is 22.0. The molecule has 0 spiro atoms. The summed E-state index contributed by atoms with van der Waals surface area (Å²) in [7, 11) is 2.45. The monoisotopic (exact) mass is 549 g/mol. The summed E-state index contributed by atoms with van der Waals surface area (Å²) in [5.74, 6) is -2.83. The van der Waals surface area contributed by atoms with E-state index in [1.807, 2.05) is 0 Å². The molecule has 1 unspecified atom stereocenters. The van der Waals surface area contributed by atoms with Crippen LogP contribution < -0.4 is 10.5 Å². The highest BCUT2D eigenvalue weighted by atomic mass is 19.4. The number of pyridine rings is 1. The van der Waals surface area contributed by atoms with Crippen molar-refractivity contribution in [3.63, 3.8) is 0 Å². The van der Waals surface area contributed by atoms with Gasteiger partial charge >= 0.3 is 12.3 Å². The van der Waals surface area contributed by atoms with Gasteiger partial charge in [-0.1, -0.05) is 0 Å². The third-order valence-electron chi connectivity index (χ3n) is 6.15. The number of rotatable bonds is 3. The van der Waals surface area contributed by atoms with Crippen molar-refractivity contribution in [1.82, 2.24) is 24.3 Å². The van der Waals surface area contributed by atoms with Crippen LogP contribution in [0.5, 0.6) is 0 Å². The first kappa shape index (κ1) is 26.2. The molecule has 1 aliphatic heterocycles. The van der Waals surface area contributed by atoms with Gasteiger partial charge in [-0.2, -0.15) is 32.3 Å². The first-order chi connectivity index (χ1) is 18.3. The Bertz CT molecular complexity index is 1710. The van der Waals surface area contributed by atoms with Crippen LogP contribution in [0.2, 0.25) is 0 Å². The Balaban J connectivity index is 1.75. The Morgan fingerprint density at radius 2 is 1.92 bits per heavy atom. The summed E-state index contributed by atoms with van der Waals surface area (Å²) in [6.45, 7) is -1.20. The number of hydrogen-bond donors (Lipinski definition) is 0. The first-order valence-electron chi connectivity index (χ1n) is 11.3. The van der Waals surface area contributed by atoms with Crippen LogP contribution in [0.25, 0.3) is 22.2 Å². The van der Waals surface area contributed by atoms with Crippen LogP contribution in [0, 0.1) is 17.1 Å². The smallest absolute Gasteiger partial charge is 0.345 e. The molecule has 202 valence electrons. The van der Waals surface area contributed by atoms with Crippen LogP contribution in [0.4, 0.5) is 32.2 Å². The molecule has 4 heterocycles. The number of aromatic nitrogens is 5. The van der Waals surface area contributed by atoms with Crippen molar-refractivity contribution in [3.05, 3.63) is 69.8 Å². The Labute approximate surface area is 215 Å². The van der Waals surface area contributed by atoms with Gasteiger partial charge in [0.25, 0.3) is 5.56 Å². The third kappa shape index (κ3) is 4.78. The van der Waals surface area contributed by atoms with Gasteiger partial charge in [-0.25, -0.2) is 14.4 Å². The minimum atomic E-state index is -5.04. The maximum Gasteiger partial charge on any atom is 0.449 e. The molecule has 0 aliphatic carbocycles. The molecular weight excluding hydrogens is 532 g/mol. The second kappa shape index (κ2) is 9.09. The van der Waals surface area contributed by atoms with Crippen LogP contribution in [-0.2, 0) is 25.0 Å². The van der Waals surface area contributed by atoms with Gasteiger partial charge in [-0.05, 0) is 24.3 Å². The summed E-state index contributed by atoms with van der Waals surface area (Å²) in [5.41, 5.74) is -2.34. The summed E-state index contributed by atoms with van der Waals surface area (Å²) in [5, 5.41) is 12.6. The molecule has 0 bridgehead atoms. The SMILES string of the molecule is Cn1cc(C2CN(c3cc4c(=O)n(C)c(C(F)(F)F)nc4c(-c4ccc(C#N)cc4F)n3)CC(F)(F)O2)cn1. The third-order valence-corrected chi connectivity index (χ3v) is 6.15. The fourth-order valence-corrected chi connectivity index (χ4v) is 4.36. The van der Waals surface area contributed by atoms with Crippen molar-refractivity contribution in [2.24, 2.45) is 14.1 Å². The molecule has 39 heavy (non-hydrogen) atoms. The predicted molar refractivity (Wildman–Crippen MR) is 124 cm³/mol. The van der Waals surface area contributed by atoms with Gasteiger partial charge in [0.15, 0.2) is 0 Å². The average molecular weight is 549 g/mol. The van der Waals surface area contributed by atoms with E-state index in [9.17, 15) is 26.7 Å². The van der Waals surface area contributed by atoms with Crippen LogP contribution in [0.1, 0.15) is 23.1 Å². The number of ether oxygens (including phenoxy) is 1.